The molecule has 0 aromatic heterocycles. The van der Waals surface area contributed by atoms with Crippen LogP contribution in [0.4, 0.5) is 5.69 Å². The largest absolute Gasteiger partial charge is 0.327 e. The summed E-state index contributed by atoms with van der Waals surface area (Å²) in [6.07, 6.45) is 10.2. The number of hydrogen-bond donors (Lipinski definition) is 2. The Bertz CT molecular complexity index is 490. The van der Waals surface area contributed by atoms with Crippen molar-refractivity contribution in [2.75, 3.05) is 25.0 Å². The maximum Gasteiger partial charge on any atom is 0.279 e. The minimum Gasteiger partial charge on any atom is -0.327 e. The summed E-state index contributed by atoms with van der Waals surface area (Å²) >= 11 is 0. The van der Waals surface area contributed by atoms with Crippen LogP contribution in [-0.2, 0) is 17.6 Å². The van der Waals surface area contributed by atoms with Gasteiger partial charge >= 0.3 is 0 Å². The van der Waals surface area contributed by atoms with Gasteiger partial charge in [0.15, 0.2) is 6.54 Å². The van der Waals surface area contributed by atoms with Crippen molar-refractivity contribution in [3.8, 4) is 0 Å². The van der Waals surface area contributed by atoms with Crippen molar-refractivity contribution in [1.82, 2.24) is 0 Å². The molecule has 0 bridgehead atoms. The number of likely N-dealkylation sites (tertiary alicyclic amines) is 1. The molecule has 1 aliphatic carbocycles. The number of rotatable bonds is 3. The summed E-state index contributed by atoms with van der Waals surface area (Å²) in [6.45, 7) is 2.92. The molecule has 0 radical (unpaired) electrons. The summed E-state index contributed by atoms with van der Waals surface area (Å²) in [4.78, 5) is 13.7. The smallest absolute Gasteiger partial charge is 0.279 e. The van der Waals surface area contributed by atoms with Crippen LogP contribution in [0.2, 0.25) is 0 Å². The second kappa shape index (κ2) is 7.08. The van der Waals surface area contributed by atoms with Crippen molar-refractivity contribution in [2.45, 2.75) is 51.4 Å². The molecule has 3 heteroatoms. The summed E-state index contributed by atoms with van der Waals surface area (Å²) in [5.74, 6) is 0.170. The second-order valence-electron chi connectivity index (χ2n) is 6.58. The number of anilines is 1. The molecule has 3 nitrogen and oxygen atoms in total. The van der Waals surface area contributed by atoms with Crippen molar-refractivity contribution in [3.63, 3.8) is 0 Å². The van der Waals surface area contributed by atoms with Gasteiger partial charge in [0.2, 0.25) is 0 Å². The molecule has 3 rings (SSSR count). The zero-order valence-electron chi connectivity index (χ0n) is 12.9. The normalized spacial score (nSPS) is 19.6. The first-order valence-electron chi connectivity index (χ1n) is 8.56. The van der Waals surface area contributed by atoms with Gasteiger partial charge in [0.25, 0.3) is 5.91 Å². The van der Waals surface area contributed by atoms with Crippen LogP contribution in [0.25, 0.3) is 0 Å². The molecule has 1 aliphatic heterocycles. The van der Waals surface area contributed by atoms with Gasteiger partial charge in [-0.3, -0.25) is 4.79 Å². The lowest BCUT2D eigenvalue weighted by molar-refractivity contribution is -0.892. The van der Waals surface area contributed by atoms with Gasteiger partial charge in [0.05, 0.1) is 13.1 Å². The van der Waals surface area contributed by atoms with Crippen LogP contribution >= 0.6 is 0 Å². The van der Waals surface area contributed by atoms with Gasteiger partial charge in [-0.15, -0.1) is 0 Å². The Morgan fingerprint density at radius 2 is 1.67 bits per heavy atom. The van der Waals surface area contributed by atoms with Gasteiger partial charge in [-0.25, -0.2) is 0 Å². The molecule has 0 saturated carbocycles. The topological polar surface area (TPSA) is 33.5 Å². The molecule has 114 valence electrons. The van der Waals surface area contributed by atoms with E-state index in [-0.39, 0.29) is 5.91 Å². The maximum atomic E-state index is 12.2. The molecule has 1 aromatic rings. The van der Waals surface area contributed by atoms with Gasteiger partial charge < -0.3 is 10.2 Å². The highest BCUT2D eigenvalue weighted by Crippen LogP contribution is 2.24. The van der Waals surface area contributed by atoms with Crippen molar-refractivity contribution in [3.05, 3.63) is 29.3 Å². The average molecular weight is 287 g/mol. The highest BCUT2D eigenvalue weighted by atomic mass is 16.2. The third-order valence-corrected chi connectivity index (χ3v) is 4.85. The van der Waals surface area contributed by atoms with E-state index in [1.54, 1.807) is 0 Å². The van der Waals surface area contributed by atoms with Crippen LogP contribution in [-0.4, -0.2) is 25.5 Å². The molecule has 21 heavy (non-hydrogen) atoms. The number of fused-ring (bicyclic) bond motifs is 1. The Kier molecular flexibility index (Phi) is 4.91. The Hall–Kier alpha value is -1.35. The predicted molar refractivity (Wildman–Crippen MR) is 85.7 cm³/mol. The molecule has 0 unspecified atom stereocenters. The summed E-state index contributed by atoms with van der Waals surface area (Å²) < 4.78 is 0. The quantitative estimate of drug-likeness (QED) is 0.875. The fourth-order valence-electron chi connectivity index (χ4n) is 3.66. The fraction of sp³-hybridized carbons (Fsp3) is 0.611. The third-order valence-electron chi connectivity index (χ3n) is 4.85. The predicted octanol–water partition coefficient (Wildman–Crippen LogP) is 1.96. The first-order chi connectivity index (χ1) is 10.3. The molecule has 1 heterocycles. The molecule has 1 saturated heterocycles. The van der Waals surface area contributed by atoms with Crippen LogP contribution in [0.1, 0.15) is 49.7 Å². The van der Waals surface area contributed by atoms with Crippen LogP contribution in [0.3, 0.4) is 0 Å². The van der Waals surface area contributed by atoms with Crippen LogP contribution in [0.5, 0.6) is 0 Å². The van der Waals surface area contributed by atoms with E-state index in [0.717, 1.165) is 25.2 Å². The molecular formula is C18H27N2O+. The molecular weight excluding hydrogens is 260 g/mol. The highest BCUT2D eigenvalue weighted by molar-refractivity contribution is 5.91. The van der Waals surface area contributed by atoms with Crippen molar-refractivity contribution >= 4 is 11.6 Å². The van der Waals surface area contributed by atoms with Gasteiger partial charge in [-0.05, 0) is 68.2 Å². The Labute approximate surface area is 127 Å². The fourth-order valence-corrected chi connectivity index (χ4v) is 3.66. The summed E-state index contributed by atoms with van der Waals surface area (Å²) in [5.41, 5.74) is 3.86. The number of amides is 1. The Balaban J connectivity index is 1.53. The molecule has 1 amide bonds. The molecule has 1 fully saturated rings. The van der Waals surface area contributed by atoms with E-state index in [4.69, 9.17) is 0 Å². The van der Waals surface area contributed by atoms with E-state index < -0.39 is 0 Å². The monoisotopic (exact) mass is 287 g/mol. The van der Waals surface area contributed by atoms with Gasteiger partial charge in [-0.1, -0.05) is 12.5 Å². The average Bonchev–Trinajstić information content (AvgIpc) is 2.89. The molecule has 0 atom stereocenters. The van der Waals surface area contributed by atoms with E-state index >= 15 is 0 Å². The lowest BCUT2D eigenvalue weighted by atomic mass is 10.1. The standard InChI is InChI=1S/C18H26N2O/c21-18(14-20-11-4-2-1-3-5-12-20)19-17-10-9-15-7-6-8-16(15)13-17/h9-10,13H,1-8,11-12,14H2,(H,19,21)/p+1. The van der Waals surface area contributed by atoms with E-state index in [1.807, 2.05) is 0 Å². The molecule has 1 aromatic carbocycles. The second-order valence-corrected chi connectivity index (χ2v) is 6.58. The number of quaternary nitrogens is 1. The number of hydrogen-bond acceptors (Lipinski definition) is 1. The van der Waals surface area contributed by atoms with E-state index in [2.05, 4.69) is 23.5 Å². The minimum atomic E-state index is 0.170. The van der Waals surface area contributed by atoms with E-state index in [0.29, 0.717) is 6.54 Å². The van der Waals surface area contributed by atoms with Crippen LogP contribution in [0.15, 0.2) is 18.2 Å². The maximum absolute atomic E-state index is 12.2. The van der Waals surface area contributed by atoms with Crippen molar-refractivity contribution in [2.24, 2.45) is 0 Å². The number of benzene rings is 1. The molecule has 2 aliphatic rings. The number of nitrogens with one attached hydrogen (secondary N) is 2. The third kappa shape index (κ3) is 4.07. The minimum absolute atomic E-state index is 0.170. The number of aryl methyl sites for hydroxylation is 2. The molecule has 0 spiro atoms. The zero-order chi connectivity index (χ0) is 14.5. The number of carbonyl (C=O) groups excluding carboxylic acids is 1. The highest BCUT2D eigenvalue weighted by Gasteiger charge is 2.16. The van der Waals surface area contributed by atoms with Crippen molar-refractivity contribution in [1.29, 1.82) is 0 Å². The van der Waals surface area contributed by atoms with Crippen molar-refractivity contribution < 1.29 is 9.69 Å². The number of carbonyl (C=O) groups is 1. The van der Waals surface area contributed by atoms with E-state index in [9.17, 15) is 4.79 Å². The lowest BCUT2D eigenvalue weighted by Crippen LogP contribution is -3.13. The van der Waals surface area contributed by atoms with Gasteiger partial charge in [0.1, 0.15) is 0 Å². The van der Waals surface area contributed by atoms with Gasteiger partial charge in [-0.2, -0.15) is 0 Å². The zero-order valence-corrected chi connectivity index (χ0v) is 12.9. The van der Waals surface area contributed by atoms with Crippen LogP contribution in [0, 0.1) is 0 Å². The summed E-state index contributed by atoms with van der Waals surface area (Å²) in [7, 11) is 0. The molecule has 2 N–H and O–H groups in total. The summed E-state index contributed by atoms with van der Waals surface area (Å²) in [6, 6.07) is 6.41. The first-order valence-corrected chi connectivity index (χ1v) is 8.56. The lowest BCUT2D eigenvalue weighted by Gasteiger charge is -2.21. The first kappa shape index (κ1) is 14.6. The van der Waals surface area contributed by atoms with Gasteiger partial charge in [0, 0.05) is 5.69 Å². The van der Waals surface area contributed by atoms with Crippen LogP contribution < -0.4 is 10.2 Å². The Morgan fingerprint density at radius 3 is 2.48 bits per heavy atom. The Morgan fingerprint density at radius 1 is 0.952 bits per heavy atom. The SMILES string of the molecule is O=C(C[NH+]1CCCCCCC1)Nc1ccc2c(c1)CCC2. The van der Waals surface area contributed by atoms with E-state index in [1.165, 1.54) is 61.0 Å². The summed E-state index contributed by atoms with van der Waals surface area (Å²) in [5, 5.41) is 3.10.